The van der Waals surface area contributed by atoms with E-state index >= 15 is 0 Å². The van der Waals surface area contributed by atoms with Crippen molar-refractivity contribution >= 4 is 17.4 Å². The molecule has 0 saturated carbocycles. The lowest BCUT2D eigenvalue weighted by molar-refractivity contribution is 0.451. The third kappa shape index (κ3) is 3.82. The lowest BCUT2D eigenvalue weighted by atomic mass is 10.2. The Labute approximate surface area is 128 Å². The van der Waals surface area contributed by atoms with Gasteiger partial charge in [-0.2, -0.15) is 0 Å². The minimum absolute atomic E-state index is 0.0612. The van der Waals surface area contributed by atoms with E-state index in [4.69, 9.17) is 16.3 Å². The average molecular weight is 310 g/mol. The highest BCUT2D eigenvalue weighted by molar-refractivity contribution is 6.30. The van der Waals surface area contributed by atoms with Crippen LogP contribution in [0, 0.1) is 5.82 Å². The first-order valence-electron chi connectivity index (χ1n) is 6.86. The van der Waals surface area contributed by atoms with Gasteiger partial charge >= 0.3 is 0 Å². The van der Waals surface area contributed by atoms with Crippen molar-refractivity contribution < 1.29 is 9.13 Å². The van der Waals surface area contributed by atoms with E-state index in [0.717, 1.165) is 24.3 Å². The molecule has 0 atom stereocenters. The SMILES string of the molecule is CCCNc1ncnc(Oc2ccc(Cl)c(F)c2)c1CC. The quantitative estimate of drug-likeness (QED) is 0.856. The Morgan fingerprint density at radius 1 is 1.29 bits per heavy atom. The number of anilines is 1. The van der Waals surface area contributed by atoms with Gasteiger partial charge in [-0.05, 0) is 25.0 Å². The van der Waals surface area contributed by atoms with E-state index in [1.807, 2.05) is 6.92 Å². The van der Waals surface area contributed by atoms with E-state index < -0.39 is 5.82 Å². The average Bonchev–Trinajstić information content (AvgIpc) is 2.49. The van der Waals surface area contributed by atoms with Gasteiger partial charge in [0.05, 0.1) is 10.6 Å². The normalized spacial score (nSPS) is 10.5. The number of nitrogens with zero attached hydrogens (tertiary/aromatic N) is 2. The number of hydrogen-bond donors (Lipinski definition) is 1. The van der Waals surface area contributed by atoms with Crippen LogP contribution in [0.25, 0.3) is 0 Å². The fourth-order valence-electron chi connectivity index (χ4n) is 1.85. The maximum atomic E-state index is 13.5. The highest BCUT2D eigenvalue weighted by Gasteiger charge is 2.12. The molecule has 0 unspecified atom stereocenters. The Morgan fingerprint density at radius 3 is 2.76 bits per heavy atom. The van der Waals surface area contributed by atoms with Crippen LogP contribution in [0.1, 0.15) is 25.8 Å². The molecule has 0 radical (unpaired) electrons. The van der Waals surface area contributed by atoms with Crippen molar-refractivity contribution in [2.75, 3.05) is 11.9 Å². The van der Waals surface area contributed by atoms with Crippen LogP contribution in [0.4, 0.5) is 10.2 Å². The molecule has 1 aromatic heterocycles. The molecular weight excluding hydrogens is 293 g/mol. The number of rotatable bonds is 6. The highest BCUT2D eigenvalue weighted by atomic mass is 35.5. The van der Waals surface area contributed by atoms with E-state index in [1.54, 1.807) is 6.07 Å². The summed E-state index contributed by atoms with van der Waals surface area (Å²) in [6.45, 7) is 4.89. The van der Waals surface area contributed by atoms with Crippen molar-refractivity contribution in [3.05, 3.63) is 40.9 Å². The molecule has 1 N–H and O–H groups in total. The molecule has 0 aliphatic heterocycles. The van der Waals surface area contributed by atoms with Gasteiger partial charge in [-0.25, -0.2) is 14.4 Å². The molecule has 6 heteroatoms. The largest absolute Gasteiger partial charge is 0.438 e. The third-order valence-corrected chi connectivity index (χ3v) is 3.21. The van der Waals surface area contributed by atoms with E-state index in [2.05, 4.69) is 22.2 Å². The second kappa shape index (κ2) is 7.22. The minimum Gasteiger partial charge on any atom is -0.438 e. The molecular formula is C15H17ClFN3O. The number of ether oxygens (including phenoxy) is 1. The Bertz CT molecular complexity index is 622. The molecule has 0 fully saturated rings. The number of aromatic nitrogens is 2. The zero-order valence-corrected chi connectivity index (χ0v) is 12.7. The van der Waals surface area contributed by atoms with Crippen LogP contribution in [0.15, 0.2) is 24.5 Å². The maximum absolute atomic E-state index is 13.5. The highest BCUT2D eigenvalue weighted by Crippen LogP contribution is 2.29. The Kier molecular flexibility index (Phi) is 5.33. The van der Waals surface area contributed by atoms with Gasteiger partial charge in [0.1, 0.15) is 23.7 Å². The van der Waals surface area contributed by atoms with E-state index in [1.165, 1.54) is 18.5 Å². The predicted molar refractivity (Wildman–Crippen MR) is 81.7 cm³/mol. The van der Waals surface area contributed by atoms with Gasteiger partial charge in [0.15, 0.2) is 0 Å². The van der Waals surface area contributed by atoms with Gasteiger partial charge in [0.25, 0.3) is 0 Å². The Hall–Kier alpha value is -1.88. The molecule has 0 saturated heterocycles. The van der Waals surface area contributed by atoms with E-state index in [9.17, 15) is 4.39 Å². The second-order valence-corrected chi connectivity index (χ2v) is 4.87. The van der Waals surface area contributed by atoms with Crippen LogP contribution in [0.2, 0.25) is 5.02 Å². The minimum atomic E-state index is -0.523. The summed E-state index contributed by atoms with van der Waals surface area (Å²) in [6, 6.07) is 4.30. The molecule has 2 aromatic rings. The Morgan fingerprint density at radius 2 is 2.10 bits per heavy atom. The topological polar surface area (TPSA) is 47.0 Å². The molecule has 0 spiro atoms. The molecule has 112 valence electrons. The van der Waals surface area contributed by atoms with E-state index in [-0.39, 0.29) is 5.02 Å². The first-order chi connectivity index (χ1) is 10.2. The zero-order chi connectivity index (χ0) is 15.2. The summed E-state index contributed by atoms with van der Waals surface area (Å²) in [6.07, 6.45) is 3.13. The lowest BCUT2D eigenvalue weighted by Crippen LogP contribution is -2.07. The van der Waals surface area contributed by atoms with Gasteiger partial charge in [0.2, 0.25) is 5.88 Å². The Balaban J connectivity index is 2.28. The molecule has 1 heterocycles. The number of benzene rings is 1. The monoisotopic (exact) mass is 309 g/mol. The molecule has 0 aliphatic carbocycles. The predicted octanol–water partition coefficient (Wildman–Crippen LogP) is 4.45. The maximum Gasteiger partial charge on any atom is 0.227 e. The lowest BCUT2D eigenvalue weighted by Gasteiger charge is -2.13. The van der Waals surface area contributed by atoms with Crippen molar-refractivity contribution in [2.45, 2.75) is 26.7 Å². The molecule has 0 aliphatic rings. The van der Waals surface area contributed by atoms with Crippen LogP contribution in [-0.2, 0) is 6.42 Å². The summed E-state index contributed by atoms with van der Waals surface area (Å²) in [5.41, 5.74) is 0.862. The van der Waals surface area contributed by atoms with Crippen molar-refractivity contribution in [3.8, 4) is 11.6 Å². The molecule has 1 aromatic carbocycles. The van der Waals surface area contributed by atoms with Gasteiger partial charge < -0.3 is 10.1 Å². The van der Waals surface area contributed by atoms with Crippen LogP contribution in [-0.4, -0.2) is 16.5 Å². The number of halogens is 2. The smallest absolute Gasteiger partial charge is 0.227 e. The number of nitrogens with one attached hydrogen (secondary N) is 1. The van der Waals surface area contributed by atoms with Gasteiger partial charge in [-0.1, -0.05) is 25.4 Å². The molecule has 21 heavy (non-hydrogen) atoms. The van der Waals surface area contributed by atoms with Crippen molar-refractivity contribution in [1.29, 1.82) is 0 Å². The van der Waals surface area contributed by atoms with Crippen molar-refractivity contribution in [3.63, 3.8) is 0 Å². The fraction of sp³-hybridized carbons (Fsp3) is 0.333. The van der Waals surface area contributed by atoms with Crippen LogP contribution < -0.4 is 10.1 Å². The van der Waals surface area contributed by atoms with Gasteiger partial charge in [-0.15, -0.1) is 0 Å². The summed E-state index contributed by atoms with van der Waals surface area (Å²) < 4.78 is 19.1. The molecule has 0 bridgehead atoms. The van der Waals surface area contributed by atoms with Gasteiger partial charge in [-0.3, -0.25) is 0 Å². The summed E-state index contributed by atoms with van der Waals surface area (Å²) in [4.78, 5) is 8.36. The first kappa shape index (κ1) is 15.5. The fourth-order valence-corrected chi connectivity index (χ4v) is 1.97. The van der Waals surface area contributed by atoms with Gasteiger partial charge in [0, 0.05) is 12.6 Å². The number of hydrogen-bond acceptors (Lipinski definition) is 4. The third-order valence-electron chi connectivity index (χ3n) is 2.91. The van der Waals surface area contributed by atoms with Crippen molar-refractivity contribution in [2.24, 2.45) is 0 Å². The van der Waals surface area contributed by atoms with Crippen LogP contribution >= 0.6 is 11.6 Å². The summed E-state index contributed by atoms with van der Waals surface area (Å²) in [7, 11) is 0. The molecule has 0 amide bonds. The molecule has 4 nitrogen and oxygen atoms in total. The summed E-state index contributed by atoms with van der Waals surface area (Å²) in [5, 5.41) is 3.30. The standard InChI is InChI=1S/C15H17ClFN3O/c1-3-7-18-14-11(4-2)15(20-9-19-14)21-10-5-6-12(16)13(17)8-10/h5-6,8-9H,3-4,7H2,1-2H3,(H,18,19,20). The van der Waals surface area contributed by atoms with Crippen LogP contribution in [0.3, 0.4) is 0 Å². The second-order valence-electron chi connectivity index (χ2n) is 4.46. The zero-order valence-electron chi connectivity index (χ0n) is 12.0. The summed E-state index contributed by atoms with van der Waals surface area (Å²) in [5.74, 6) is 1.00. The summed E-state index contributed by atoms with van der Waals surface area (Å²) >= 11 is 5.66. The van der Waals surface area contributed by atoms with Crippen LogP contribution in [0.5, 0.6) is 11.6 Å². The van der Waals surface area contributed by atoms with E-state index in [0.29, 0.717) is 18.1 Å². The van der Waals surface area contributed by atoms with Crippen molar-refractivity contribution in [1.82, 2.24) is 9.97 Å². The molecule has 2 rings (SSSR count). The first-order valence-corrected chi connectivity index (χ1v) is 7.24.